The van der Waals surface area contributed by atoms with Gasteiger partial charge >= 0.3 is 0 Å². The molecule has 0 aromatic rings. The van der Waals surface area contributed by atoms with E-state index < -0.39 is 8.32 Å². The van der Waals surface area contributed by atoms with Gasteiger partial charge in [0, 0.05) is 12.8 Å². The maximum absolute atomic E-state index is 10.9. The SMILES string of the molecule is CC(C)(O[Si](C)(C)C)C1CC(=O)C1. The predicted octanol–water partition coefficient (Wildman–Crippen LogP) is 2.60. The molecule has 0 N–H and O–H groups in total. The van der Waals surface area contributed by atoms with Gasteiger partial charge in [-0.25, -0.2) is 0 Å². The lowest BCUT2D eigenvalue weighted by Gasteiger charge is -2.43. The van der Waals surface area contributed by atoms with Crippen LogP contribution in [0.15, 0.2) is 0 Å². The van der Waals surface area contributed by atoms with Crippen molar-refractivity contribution in [2.75, 3.05) is 0 Å². The Labute approximate surface area is 81.8 Å². The molecule has 0 aromatic carbocycles. The molecule has 0 bridgehead atoms. The molecule has 0 unspecified atom stereocenters. The molecule has 1 fully saturated rings. The fourth-order valence-corrected chi connectivity index (χ4v) is 3.60. The van der Waals surface area contributed by atoms with Gasteiger partial charge in [-0.15, -0.1) is 0 Å². The van der Waals surface area contributed by atoms with E-state index >= 15 is 0 Å². The van der Waals surface area contributed by atoms with E-state index in [9.17, 15) is 4.79 Å². The Morgan fingerprint density at radius 1 is 1.31 bits per heavy atom. The van der Waals surface area contributed by atoms with Gasteiger partial charge in [0.05, 0.1) is 5.60 Å². The normalized spacial score (nSPS) is 20.2. The van der Waals surface area contributed by atoms with Gasteiger partial charge < -0.3 is 4.43 Å². The summed E-state index contributed by atoms with van der Waals surface area (Å²) in [6.07, 6.45) is 1.44. The van der Waals surface area contributed by atoms with E-state index in [1.807, 2.05) is 0 Å². The quantitative estimate of drug-likeness (QED) is 0.655. The Balaban J connectivity index is 2.51. The molecule has 13 heavy (non-hydrogen) atoms. The Morgan fingerprint density at radius 3 is 2.08 bits per heavy atom. The largest absolute Gasteiger partial charge is 0.412 e. The molecule has 0 radical (unpaired) electrons. The minimum atomic E-state index is -1.47. The van der Waals surface area contributed by atoms with Crippen molar-refractivity contribution in [1.29, 1.82) is 0 Å². The van der Waals surface area contributed by atoms with Crippen LogP contribution in [0.5, 0.6) is 0 Å². The van der Waals surface area contributed by atoms with Crippen molar-refractivity contribution in [3.63, 3.8) is 0 Å². The summed E-state index contributed by atoms with van der Waals surface area (Å²) in [4.78, 5) is 10.9. The Bertz CT molecular complexity index is 207. The standard InChI is InChI=1S/C10H20O2Si/c1-10(2,12-13(3,4)5)8-6-9(11)7-8/h8H,6-7H2,1-5H3. The molecule has 1 aliphatic rings. The lowest BCUT2D eigenvalue weighted by Crippen LogP contribution is -2.48. The molecule has 1 saturated carbocycles. The number of carbonyl (C=O) groups excluding carboxylic acids is 1. The number of ketones is 1. The third-order valence-electron chi connectivity index (χ3n) is 2.50. The van der Waals surface area contributed by atoms with E-state index in [0.29, 0.717) is 11.7 Å². The van der Waals surface area contributed by atoms with Crippen LogP contribution >= 0.6 is 0 Å². The van der Waals surface area contributed by atoms with E-state index in [1.54, 1.807) is 0 Å². The molecule has 0 atom stereocenters. The summed E-state index contributed by atoms with van der Waals surface area (Å²) in [6, 6.07) is 0. The summed E-state index contributed by atoms with van der Waals surface area (Å²) in [5.74, 6) is 0.837. The van der Waals surface area contributed by atoms with Gasteiger partial charge in [-0.3, -0.25) is 4.79 Å². The van der Waals surface area contributed by atoms with Gasteiger partial charge in [0.2, 0.25) is 0 Å². The number of carbonyl (C=O) groups is 1. The molecule has 1 rings (SSSR count). The first-order valence-corrected chi connectivity index (χ1v) is 8.33. The molecular weight excluding hydrogens is 180 g/mol. The highest BCUT2D eigenvalue weighted by molar-refractivity contribution is 6.69. The molecule has 0 aliphatic heterocycles. The van der Waals surface area contributed by atoms with E-state index in [1.165, 1.54) is 0 Å². The highest BCUT2D eigenvalue weighted by Gasteiger charge is 2.41. The first-order valence-electron chi connectivity index (χ1n) is 4.92. The lowest BCUT2D eigenvalue weighted by molar-refractivity contribution is -0.133. The van der Waals surface area contributed by atoms with E-state index in [2.05, 4.69) is 33.5 Å². The van der Waals surface area contributed by atoms with Crippen LogP contribution in [0.25, 0.3) is 0 Å². The zero-order valence-electron chi connectivity index (χ0n) is 9.31. The summed E-state index contributed by atoms with van der Waals surface area (Å²) >= 11 is 0. The topological polar surface area (TPSA) is 26.3 Å². The first-order chi connectivity index (χ1) is 5.71. The summed E-state index contributed by atoms with van der Waals surface area (Å²) in [5, 5.41) is 0. The summed E-state index contributed by atoms with van der Waals surface area (Å²) in [5.41, 5.74) is -0.0988. The Morgan fingerprint density at radius 2 is 1.77 bits per heavy atom. The molecule has 0 aromatic heterocycles. The summed E-state index contributed by atoms with van der Waals surface area (Å²) in [7, 11) is -1.47. The van der Waals surface area contributed by atoms with Crippen LogP contribution in [-0.4, -0.2) is 19.7 Å². The van der Waals surface area contributed by atoms with Crippen molar-refractivity contribution in [2.24, 2.45) is 5.92 Å². The molecule has 2 nitrogen and oxygen atoms in total. The van der Waals surface area contributed by atoms with Crippen molar-refractivity contribution in [1.82, 2.24) is 0 Å². The molecule has 0 heterocycles. The molecule has 0 spiro atoms. The average Bonchev–Trinajstić information content (AvgIpc) is 1.74. The Kier molecular flexibility index (Phi) is 2.70. The molecule has 3 heteroatoms. The third kappa shape index (κ3) is 2.92. The van der Waals surface area contributed by atoms with Crippen LogP contribution < -0.4 is 0 Å². The zero-order chi connectivity index (χ0) is 10.3. The van der Waals surface area contributed by atoms with Crippen molar-refractivity contribution < 1.29 is 9.22 Å². The third-order valence-corrected chi connectivity index (χ3v) is 3.64. The van der Waals surface area contributed by atoms with Gasteiger partial charge in [-0.05, 0) is 39.4 Å². The maximum Gasteiger partial charge on any atom is 0.184 e. The van der Waals surface area contributed by atoms with Crippen LogP contribution in [0.1, 0.15) is 26.7 Å². The zero-order valence-corrected chi connectivity index (χ0v) is 10.3. The van der Waals surface area contributed by atoms with Crippen LogP contribution in [0.4, 0.5) is 0 Å². The fourth-order valence-electron chi connectivity index (χ4n) is 1.85. The van der Waals surface area contributed by atoms with Gasteiger partial charge in [0.15, 0.2) is 8.32 Å². The molecule has 0 saturated heterocycles. The lowest BCUT2D eigenvalue weighted by atomic mass is 9.74. The summed E-state index contributed by atoms with van der Waals surface area (Å²) in [6.45, 7) is 10.8. The monoisotopic (exact) mass is 200 g/mol. The van der Waals surface area contributed by atoms with Crippen LogP contribution in [0.3, 0.4) is 0 Å². The number of Topliss-reactive ketones (excluding diaryl/α,β-unsaturated/α-hetero) is 1. The van der Waals surface area contributed by atoms with Gasteiger partial charge in [-0.1, -0.05) is 0 Å². The predicted molar refractivity (Wildman–Crippen MR) is 56.2 cm³/mol. The van der Waals surface area contributed by atoms with Crippen molar-refractivity contribution >= 4 is 14.1 Å². The van der Waals surface area contributed by atoms with Crippen molar-refractivity contribution in [3.05, 3.63) is 0 Å². The highest BCUT2D eigenvalue weighted by Crippen LogP contribution is 2.37. The van der Waals surface area contributed by atoms with Gasteiger partial charge in [0.1, 0.15) is 5.78 Å². The average molecular weight is 200 g/mol. The van der Waals surface area contributed by atoms with Gasteiger partial charge in [0.25, 0.3) is 0 Å². The molecule has 0 amide bonds. The highest BCUT2D eigenvalue weighted by atomic mass is 28.4. The second-order valence-electron chi connectivity index (χ2n) is 5.46. The van der Waals surface area contributed by atoms with Crippen molar-refractivity contribution in [2.45, 2.75) is 51.9 Å². The minimum absolute atomic E-state index is 0.0988. The van der Waals surface area contributed by atoms with Gasteiger partial charge in [-0.2, -0.15) is 0 Å². The van der Waals surface area contributed by atoms with E-state index in [-0.39, 0.29) is 5.60 Å². The second kappa shape index (κ2) is 3.21. The van der Waals surface area contributed by atoms with Crippen LogP contribution in [-0.2, 0) is 9.22 Å². The number of hydrogen-bond acceptors (Lipinski definition) is 2. The van der Waals surface area contributed by atoms with E-state index in [4.69, 9.17) is 4.43 Å². The minimum Gasteiger partial charge on any atom is -0.412 e. The molecule has 76 valence electrons. The van der Waals surface area contributed by atoms with E-state index in [0.717, 1.165) is 12.8 Å². The second-order valence-corrected chi connectivity index (χ2v) is 9.89. The number of rotatable bonds is 3. The Hall–Kier alpha value is -0.153. The fraction of sp³-hybridized carbons (Fsp3) is 0.900. The van der Waals surface area contributed by atoms with Crippen LogP contribution in [0, 0.1) is 5.92 Å². The smallest absolute Gasteiger partial charge is 0.184 e. The molecular formula is C10H20O2Si. The number of hydrogen-bond donors (Lipinski definition) is 0. The van der Waals surface area contributed by atoms with Crippen molar-refractivity contribution in [3.8, 4) is 0 Å². The van der Waals surface area contributed by atoms with Crippen LogP contribution in [0.2, 0.25) is 19.6 Å². The summed E-state index contributed by atoms with van der Waals surface area (Å²) < 4.78 is 6.06. The molecule has 1 aliphatic carbocycles. The first kappa shape index (κ1) is 10.9. The maximum atomic E-state index is 10.9.